The van der Waals surface area contributed by atoms with Gasteiger partial charge in [0.05, 0.1) is 22.1 Å². The predicted molar refractivity (Wildman–Crippen MR) is 259 cm³/mol. The van der Waals surface area contributed by atoms with Gasteiger partial charge in [0.15, 0.2) is 0 Å². The van der Waals surface area contributed by atoms with Crippen molar-refractivity contribution in [3.05, 3.63) is 224 Å². The molecular formula is C58H37N3. The molecule has 2 aromatic heterocycles. The van der Waals surface area contributed by atoms with Gasteiger partial charge >= 0.3 is 0 Å². The molecule has 0 spiro atoms. The van der Waals surface area contributed by atoms with Gasteiger partial charge in [0.2, 0.25) is 0 Å². The first kappa shape index (κ1) is 33.8. The van der Waals surface area contributed by atoms with Crippen molar-refractivity contribution in [2.24, 2.45) is 0 Å². The molecule has 0 bridgehead atoms. The van der Waals surface area contributed by atoms with Crippen LogP contribution in [0.3, 0.4) is 0 Å². The van der Waals surface area contributed by atoms with Gasteiger partial charge in [-0.15, -0.1) is 0 Å². The average molecular weight is 776 g/mol. The van der Waals surface area contributed by atoms with Crippen LogP contribution >= 0.6 is 0 Å². The fourth-order valence-electron chi connectivity index (χ4n) is 10.2. The van der Waals surface area contributed by atoms with Crippen molar-refractivity contribution in [2.45, 2.75) is 0 Å². The maximum absolute atomic E-state index is 2.45. The van der Waals surface area contributed by atoms with Crippen LogP contribution < -0.4 is 4.90 Å². The number of aromatic nitrogens is 2. The fourth-order valence-corrected chi connectivity index (χ4v) is 10.2. The third-order valence-corrected chi connectivity index (χ3v) is 12.8. The molecule has 0 atom stereocenters. The Balaban J connectivity index is 1.04. The second-order valence-corrected chi connectivity index (χ2v) is 16.1. The molecule has 284 valence electrons. The standard InChI is InChI=1S/C58H37N3/c1-4-14-41(15-5-1)59(42-16-6-2-7-17-42)44-29-24-38(25-30-44)46-32-26-39-27-34-50-57-40(28-33-49(46)56(39)57)36-55-58(50)51-37-45(31-35-54(51)60(55)43-18-8-3-9-19-43)61-52-22-12-10-20-47(52)48-21-11-13-23-53(48)61/h1-37H. The Hall–Kier alpha value is -8.14. The highest BCUT2D eigenvalue weighted by Crippen LogP contribution is 2.46. The van der Waals surface area contributed by atoms with Gasteiger partial charge in [-0.2, -0.15) is 0 Å². The second-order valence-electron chi connectivity index (χ2n) is 16.1. The zero-order valence-corrected chi connectivity index (χ0v) is 33.2. The third kappa shape index (κ3) is 5.04. The molecule has 13 aromatic rings. The number of nitrogens with zero attached hydrogens (tertiary/aromatic N) is 3. The van der Waals surface area contributed by atoms with Gasteiger partial charge in [-0.1, -0.05) is 140 Å². The Kier molecular flexibility index (Phi) is 7.31. The van der Waals surface area contributed by atoms with Crippen molar-refractivity contribution in [3.63, 3.8) is 0 Å². The van der Waals surface area contributed by atoms with Crippen LogP contribution in [-0.2, 0) is 0 Å². The van der Waals surface area contributed by atoms with Crippen LogP contribution in [0.25, 0.3) is 98.4 Å². The smallest absolute Gasteiger partial charge is 0.0553 e. The molecule has 11 aromatic carbocycles. The molecular weight excluding hydrogens is 739 g/mol. The molecule has 61 heavy (non-hydrogen) atoms. The highest BCUT2D eigenvalue weighted by atomic mass is 15.1. The van der Waals surface area contributed by atoms with Crippen molar-refractivity contribution in [3.8, 4) is 22.5 Å². The molecule has 0 amide bonds. The first-order valence-electron chi connectivity index (χ1n) is 21.0. The average Bonchev–Trinajstić information content (AvgIpc) is 3.84. The summed E-state index contributed by atoms with van der Waals surface area (Å²) in [5, 5.41) is 12.7. The van der Waals surface area contributed by atoms with Crippen LogP contribution in [0.1, 0.15) is 0 Å². The second kappa shape index (κ2) is 13.2. The molecule has 0 aliphatic rings. The summed E-state index contributed by atoms with van der Waals surface area (Å²) >= 11 is 0. The lowest BCUT2D eigenvalue weighted by atomic mass is 9.88. The molecule has 0 radical (unpaired) electrons. The molecule has 3 nitrogen and oxygen atoms in total. The minimum atomic E-state index is 1.12. The molecule has 0 saturated carbocycles. The maximum atomic E-state index is 2.45. The summed E-state index contributed by atoms with van der Waals surface area (Å²) in [5.41, 5.74) is 13.0. The molecule has 0 N–H and O–H groups in total. The maximum Gasteiger partial charge on any atom is 0.0553 e. The SMILES string of the molecule is c1ccc(N(c2ccccc2)c2ccc(-c3ccc4ccc5c6c(ccc3c46)cc3c5c4cc(-n5c6ccccc6c6ccccc65)ccc4n3-c3ccccc3)cc2)cc1. The van der Waals surface area contributed by atoms with E-state index >= 15 is 0 Å². The number of para-hydroxylation sites is 5. The van der Waals surface area contributed by atoms with Gasteiger partial charge in [-0.25, -0.2) is 0 Å². The summed E-state index contributed by atoms with van der Waals surface area (Å²) in [6, 6.07) is 82.1. The van der Waals surface area contributed by atoms with Gasteiger partial charge in [-0.3, -0.25) is 0 Å². The Morgan fingerprint density at radius 1 is 0.279 bits per heavy atom. The predicted octanol–water partition coefficient (Wildman–Crippen LogP) is 15.9. The lowest BCUT2D eigenvalue weighted by molar-refractivity contribution is 1.17. The Bertz CT molecular complexity index is 3690. The summed E-state index contributed by atoms with van der Waals surface area (Å²) < 4.78 is 4.89. The van der Waals surface area contributed by atoms with Gasteiger partial charge in [-0.05, 0) is 128 Å². The summed E-state index contributed by atoms with van der Waals surface area (Å²) in [6.45, 7) is 0. The molecule has 2 heterocycles. The molecule has 3 heteroatoms. The molecule has 0 saturated heterocycles. The van der Waals surface area contributed by atoms with E-state index in [0.29, 0.717) is 0 Å². The van der Waals surface area contributed by atoms with Crippen LogP contribution in [-0.4, -0.2) is 9.13 Å². The van der Waals surface area contributed by atoms with Crippen LogP contribution in [0, 0.1) is 0 Å². The Morgan fingerprint density at radius 3 is 1.49 bits per heavy atom. The van der Waals surface area contributed by atoms with E-state index in [9.17, 15) is 0 Å². The van der Waals surface area contributed by atoms with Crippen LogP contribution in [0.15, 0.2) is 224 Å². The van der Waals surface area contributed by atoms with E-state index in [1.165, 1.54) is 87.1 Å². The largest absolute Gasteiger partial charge is 0.311 e. The third-order valence-electron chi connectivity index (χ3n) is 12.8. The number of rotatable bonds is 6. The Labute approximate surface area is 352 Å². The topological polar surface area (TPSA) is 13.1 Å². The first-order chi connectivity index (χ1) is 30.3. The van der Waals surface area contributed by atoms with Gasteiger partial charge in [0.25, 0.3) is 0 Å². The highest BCUT2D eigenvalue weighted by Gasteiger charge is 2.22. The molecule has 0 unspecified atom stereocenters. The normalized spacial score (nSPS) is 11.9. The molecule has 0 aliphatic carbocycles. The zero-order valence-electron chi connectivity index (χ0n) is 33.2. The molecule has 0 aliphatic heterocycles. The number of hydrogen-bond acceptors (Lipinski definition) is 1. The summed E-state index contributed by atoms with van der Waals surface area (Å²) in [5.74, 6) is 0. The van der Waals surface area contributed by atoms with E-state index in [-0.39, 0.29) is 0 Å². The van der Waals surface area contributed by atoms with Crippen molar-refractivity contribution in [2.75, 3.05) is 4.90 Å². The monoisotopic (exact) mass is 775 g/mol. The van der Waals surface area contributed by atoms with Gasteiger partial charge < -0.3 is 14.0 Å². The quantitative estimate of drug-likeness (QED) is 0.153. The number of anilines is 3. The number of benzene rings is 11. The fraction of sp³-hybridized carbons (Fsp3) is 0. The number of fused-ring (bicyclic) bond motifs is 7. The highest BCUT2D eigenvalue weighted by molar-refractivity contribution is 6.34. The van der Waals surface area contributed by atoms with Gasteiger partial charge in [0, 0.05) is 50.0 Å². The summed E-state index contributed by atoms with van der Waals surface area (Å²) in [4.78, 5) is 2.32. The lowest BCUT2D eigenvalue weighted by Gasteiger charge is -2.25. The summed E-state index contributed by atoms with van der Waals surface area (Å²) in [7, 11) is 0. The summed E-state index contributed by atoms with van der Waals surface area (Å²) in [6.07, 6.45) is 0. The van der Waals surface area contributed by atoms with E-state index in [4.69, 9.17) is 0 Å². The minimum absolute atomic E-state index is 1.12. The van der Waals surface area contributed by atoms with E-state index < -0.39 is 0 Å². The Morgan fingerprint density at radius 2 is 0.803 bits per heavy atom. The van der Waals surface area contributed by atoms with E-state index in [0.717, 1.165) is 28.4 Å². The van der Waals surface area contributed by atoms with Crippen LogP contribution in [0.5, 0.6) is 0 Å². The van der Waals surface area contributed by atoms with Gasteiger partial charge in [0.1, 0.15) is 0 Å². The van der Waals surface area contributed by atoms with Crippen LogP contribution in [0.4, 0.5) is 17.1 Å². The van der Waals surface area contributed by atoms with Crippen molar-refractivity contribution >= 4 is 93.0 Å². The molecule has 13 rings (SSSR count). The van der Waals surface area contributed by atoms with E-state index in [2.05, 4.69) is 238 Å². The zero-order chi connectivity index (χ0) is 40.0. The van der Waals surface area contributed by atoms with Crippen molar-refractivity contribution < 1.29 is 0 Å². The lowest BCUT2D eigenvalue weighted by Crippen LogP contribution is -2.09. The van der Waals surface area contributed by atoms with E-state index in [1.54, 1.807) is 0 Å². The number of hydrogen-bond donors (Lipinski definition) is 0. The van der Waals surface area contributed by atoms with E-state index in [1.807, 2.05) is 0 Å². The van der Waals surface area contributed by atoms with Crippen molar-refractivity contribution in [1.29, 1.82) is 0 Å². The molecule has 0 fully saturated rings. The van der Waals surface area contributed by atoms with Crippen molar-refractivity contribution in [1.82, 2.24) is 9.13 Å². The first-order valence-corrected chi connectivity index (χ1v) is 21.0. The van der Waals surface area contributed by atoms with Crippen LogP contribution in [0.2, 0.25) is 0 Å². The minimum Gasteiger partial charge on any atom is -0.311 e.